The Morgan fingerprint density at radius 3 is 2.53 bits per heavy atom. The maximum atomic E-state index is 13.8. The van der Waals surface area contributed by atoms with Crippen molar-refractivity contribution in [1.82, 2.24) is 14.7 Å². The molecule has 2 aliphatic heterocycles. The summed E-state index contributed by atoms with van der Waals surface area (Å²) in [4.78, 5) is 34.6. The van der Waals surface area contributed by atoms with Gasteiger partial charge in [0.2, 0.25) is 5.91 Å². The quantitative estimate of drug-likeness (QED) is 0.417. The van der Waals surface area contributed by atoms with Crippen molar-refractivity contribution in [3.63, 3.8) is 0 Å². The Morgan fingerprint density at radius 2 is 1.72 bits per heavy atom. The van der Waals surface area contributed by atoms with E-state index in [4.69, 9.17) is 0 Å². The van der Waals surface area contributed by atoms with Crippen LogP contribution in [0.15, 0.2) is 64.5 Å². The second-order valence-electron chi connectivity index (χ2n) is 9.70. The van der Waals surface area contributed by atoms with E-state index in [9.17, 15) is 9.59 Å². The van der Waals surface area contributed by atoms with Gasteiger partial charge in [0.25, 0.3) is 5.91 Å². The average Bonchev–Trinajstić information content (AvgIpc) is 3.23. The maximum Gasteiger partial charge on any atom is 0.253 e. The molecule has 2 aromatic carbocycles. The van der Waals surface area contributed by atoms with Gasteiger partial charge in [0.1, 0.15) is 0 Å². The molecule has 3 heterocycles. The van der Waals surface area contributed by atoms with Crippen LogP contribution in [0, 0.1) is 6.92 Å². The lowest BCUT2D eigenvalue weighted by molar-refractivity contribution is -0.137. The van der Waals surface area contributed by atoms with Gasteiger partial charge < -0.3 is 9.80 Å². The van der Waals surface area contributed by atoms with E-state index in [1.807, 2.05) is 45.4 Å². The Hall–Kier alpha value is -2.48. The SMILES string of the molecule is Cc1ccccc1[C@@H]1c2ccsc2CCN1[C@H](C)C(=O)N1CCCN(C(=O)c2cccc(Br)c2)CC1. The molecule has 36 heavy (non-hydrogen) atoms. The highest BCUT2D eigenvalue weighted by atomic mass is 79.9. The molecule has 0 aliphatic carbocycles. The van der Waals surface area contributed by atoms with Crippen molar-refractivity contribution in [3.05, 3.63) is 91.6 Å². The highest BCUT2D eigenvalue weighted by Crippen LogP contribution is 2.40. The standard InChI is InChI=1S/C29H32BrN3O2S/c1-20-7-3-4-10-24(20)27-25-12-18-36-26(25)11-15-33(27)21(2)28(34)31-13-6-14-32(17-16-31)29(35)22-8-5-9-23(30)19-22/h3-5,7-10,12,18-19,21,27H,6,11,13-17H2,1-2H3/t21-,27-/m1/s1. The van der Waals surface area contributed by atoms with Crippen LogP contribution >= 0.6 is 27.3 Å². The number of carbonyl (C=O) groups excluding carboxylic acids is 2. The van der Waals surface area contributed by atoms with Crippen molar-refractivity contribution >= 4 is 39.1 Å². The number of fused-ring (bicyclic) bond motifs is 1. The minimum absolute atomic E-state index is 0.0271. The van der Waals surface area contributed by atoms with E-state index in [1.165, 1.54) is 21.6 Å². The van der Waals surface area contributed by atoms with Gasteiger partial charge in [-0.3, -0.25) is 14.5 Å². The Morgan fingerprint density at radius 1 is 0.944 bits per heavy atom. The zero-order valence-electron chi connectivity index (χ0n) is 20.8. The molecule has 0 radical (unpaired) electrons. The summed E-state index contributed by atoms with van der Waals surface area (Å²) in [6, 6.07) is 18.1. The zero-order chi connectivity index (χ0) is 25.2. The summed E-state index contributed by atoms with van der Waals surface area (Å²) in [6.07, 6.45) is 1.76. The van der Waals surface area contributed by atoms with Gasteiger partial charge in [0, 0.05) is 47.6 Å². The Balaban J connectivity index is 1.32. The molecule has 2 atom stereocenters. The Kier molecular flexibility index (Phi) is 7.60. The fraction of sp³-hybridized carbons (Fsp3) is 0.379. The van der Waals surface area contributed by atoms with Gasteiger partial charge in [-0.25, -0.2) is 0 Å². The largest absolute Gasteiger partial charge is 0.340 e. The number of hydrogen-bond acceptors (Lipinski definition) is 4. The van der Waals surface area contributed by atoms with Crippen molar-refractivity contribution in [1.29, 1.82) is 0 Å². The van der Waals surface area contributed by atoms with E-state index in [0.717, 1.165) is 23.9 Å². The van der Waals surface area contributed by atoms with E-state index in [1.54, 1.807) is 0 Å². The molecule has 2 aliphatic rings. The molecule has 2 amide bonds. The van der Waals surface area contributed by atoms with Crippen LogP contribution in [-0.2, 0) is 11.2 Å². The lowest BCUT2D eigenvalue weighted by Gasteiger charge is -2.41. The topological polar surface area (TPSA) is 43.9 Å². The second kappa shape index (κ2) is 10.9. The first kappa shape index (κ1) is 25.2. The number of rotatable bonds is 4. The number of nitrogens with zero attached hydrogens (tertiary/aromatic N) is 3. The molecule has 0 saturated carbocycles. The first-order chi connectivity index (χ1) is 17.4. The zero-order valence-corrected chi connectivity index (χ0v) is 23.2. The Bertz CT molecular complexity index is 1260. The van der Waals surface area contributed by atoms with Crippen LogP contribution in [0.4, 0.5) is 0 Å². The van der Waals surface area contributed by atoms with Crippen LogP contribution in [0.5, 0.6) is 0 Å². The van der Waals surface area contributed by atoms with E-state index in [2.05, 4.69) is 70.4 Å². The lowest BCUT2D eigenvalue weighted by atomic mass is 9.89. The molecule has 7 heteroatoms. The van der Waals surface area contributed by atoms with Gasteiger partial charge >= 0.3 is 0 Å². The fourth-order valence-electron chi connectivity index (χ4n) is 5.54. The van der Waals surface area contributed by atoms with E-state index >= 15 is 0 Å². The summed E-state index contributed by atoms with van der Waals surface area (Å²) >= 11 is 5.28. The lowest BCUT2D eigenvalue weighted by Crippen LogP contribution is -2.51. The summed E-state index contributed by atoms with van der Waals surface area (Å²) in [5.74, 6) is 0.184. The molecular formula is C29H32BrN3O2S. The van der Waals surface area contributed by atoms with E-state index < -0.39 is 0 Å². The van der Waals surface area contributed by atoms with Crippen molar-refractivity contribution in [2.24, 2.45) is 0 Å². The van der Waals surface area contributed by atoms with Crippen LogP contribution < -0.4 is 0 Å². The molecule has 1 aromatic heterocycles. The van der Waals surface area contributed by atoms with Crippen molar-refractivity contribution < 1.29 is 9.59 Å². The summed E-state index contributed by atoms with van der Waals surface area (Å²) in [6.45, 7) is 7.54. The molecule has 0 N–H and O–H groups in total. The number of halogens is 1. The molecule has 1 fully saturated rings. The molecule has 0 unspecified atom stereocenters. The summed E-state index contributed by atoms with van der Waals surface area (Å²) in [5, 5.41) is 2.18. The fourth-order valence-corrected chi connectivity index (χ4v) is 6.85. The smallest absolute Gasteiger partial charge is 0.253 e. The van der Waals surface area contributed by atoms with Crippen LogP contribution in [0.3, 0.4) is 0 Å². The van der Waals surface area contributed by atoms with E-state index in [0.29, 0.717) is 31.7 Å². The first-order valence-electron chi connectivity index (χ1n) is 12.6. The van der Waals surface area contributed by atoms with Gasteiger partial charge in [-0.05, 0) is 73.0 Å². The molecule has 3 aromatic rings. The number of aryl methyl sites for hydroxylation is 1. The Labute approximate surface area is 225 Å². The van der Waals surface area contributed by atoms with Crippen LogP contribution in [0.2, 0.25) is 0 Å². The molecule has 5 rings (SSSR count). The number of thiophene rings is 1. The molecular weight excluding hydrogens is 534 g/mol. The molecule has 0 bridgehead atoms. The predicted molar refractivity (Wildman–Crippen MR) is 148 cm³/mol. The predicted octanol–water partition coefficient (Wildman–Crippen LogP) is 5.53. The molecule has 5 nitrogen and oxygen atoms in total. The summed E-state index contributed by atoms with van der Waals surface area (Å²) in [5.41, 5.74) is 4.54. The van der Waals surface area contributed by atoms with Gasteiger partial charge in [0.15, 0.2) is 0 Å². The highest BCUT2D eigenvalue weighted by molar-refractivity contribution is 9.10. The third-order valence-electron chi connectivity index (χ3n) is 7.51. The van der Waals surface area contributed by atoms with Crippen molar-refractivity contribution in [2.75, 3.05) is 32.7 Å². The summed E-state index contributed by atoms with van der Waals surface area (Å²) < 4.78 is 0.896. The number of carbonyl (C=O) groups is 2. The number of hydrogen-bond donors (Lipinski definition) is 0. The first-order valence-corrected chi connectivity index (χ1v) is 14.3. The van der Waals surface area contributed by atoms with Gasteiger partial charge in [-0.1, -0.05) is 46.3 Å². The average molecular weight is 567 g/mol. The number of amides is 2. The van der Waals surface area contributed by atoms with Crippen LogP contribution in [0.1, 0.15) is 51.3 Å². The molecule has 188 valence electrons. The monoisotopic (exact) mass is 565 g/mol. The third kappa shape index (κ3) is 5.01. The minimum atomic E-state index is -0.241. The summed E-state index contributed by atoms with van der Waals surface area (Å²) in [7, 11) is 0. The normalized spacial score (nSPS) is 19.5. The molecule has 1 saturated heterocycles. The van der Waals surface area contributed by atoms with Crippen LogP contribution in [0.25, 0.3) is 0 Å². The molecule has 0 spiro atoms. The maximum absolute atomic E-state index is 13.8. The number of benzene rings is 2. The second-order valence-corrected chi connectivity index (χ2v) is 11.6. The highest BCUT2D eigenvalue weighted by Gasteiger charge is 2.37. The third-order valence-corrected chi connectivity index (χ3v) is 9.00. The van der Waals surface area contributed by atoms with Crippen molar-refractivity contribution in [3.8, 4) is 0 Å². The van der Waals surface area contributed by atoms with Gasteiger partial charge in [-0.2, -0.15) is 0 Å². The van der Waals surface area contributed by atoms with Gasteiger partial charge in [-0.15, -0.1) is 11.3 Å². The van der Waals surface area contributed by atoms with Crippen LogP contribution in [-0.4, -0.2) is 65.3 Å². The van der Waals surface area contributed by atoms with Gasteiger partial charge in [0.05, 0.1) is 12.1 Å². The minimum Gasteiger partial charge on any atom is -0.340 e. The van der Waals surface area contributed by atoms with E-state index in [-0.39, 0.29) is 23.9 Å². The van der Waals surface area contributed by atoms with Crippen molar-refractivity contribution in [2.45, 2.75) is 38.8 Å².